The predicted molar refractivity (Wildman–Crippen MR) is 53.1 cm³/mol. The van der Waals surface area contributed by atoms with Crippen LogP contribution in [0.15, 0.2) is 24.3 Å². The Morgan fingerprint density at radius 1 is 1.31 bits per heavy atom. The van der Waals surface area contributed by atoms with Crippen molar-refractivity contribution in [1.29, 1.82) is 0 Å². The van der Waals surface area contributed by atoms with Crippen LogP contribution in [0.2, 0.25) is 0 Å². The predicted octanol–water partition coefficient (Wildman–Crippen LogP) is 2.18. The van der Waals surface area contributed by atoms with Crippen LogP contribution < -0.4 is 4.74 Å². The lowest BCUT2D eigenvalue weighted by atomic mass is 9.96. The van der Waals surface area contributed by atoms with Crippen LogP contribution in [0.5, 0.6) is 5.75 Å². The summed E-state index contributed by atoms with van der Waals surface area (Å²) in [6.07, 6.45) is -0.327. The van der Waals surface area contributed by atoms with Gasteiger partial charge in [0.25, 0.3) is 0 Å². The number of benzene rings is 1. The summed E-state index contributed by atoms with van der Waals surface area (Å²) in [6, 6.07) is 7.79. The van der Waals surface area contributed by atoms with Gasteiger partial charge in [-0.25, -0.2) is 0 Å². The van der Waals surface area contributed by atoms with Crippen LogP contribution in [0.3, 0.4) is 0 Å². The molecule has 0 saturated carbocycles. The largest absolute Gasteiger partial charge is 0.497 e. The van der Waals surface area contributed by atoms with E-state index in [1.807, 2.05) is 31.2 Å². The molecule has 2 nitrogen and oxygen atoms in total. The maximum absolute atomic E-state index is 9.40. The van der Waals surface area contributed by atoms with Crippen molar-refractivity contribution in [3.63, 3.8) is 0 Å². The van der Waals surface area contributed by atoms with Gasteiger partial charge in [0.05, 0.1) is 13.2 Å². The molecule has 0 spiro atoms. The molecule has 2 atom stereocenters. The number of aliphatic hydroxyl groups is 1. The van der Waals surface area contributed by atoms with Gasteiger partial charge < -0.3 is 9.84 Å². The molecule has 0 radical (unpaired) electrons. The molecule has 1 rings (SSSR count). The van der Waals surface area contributed by atoms with Crippen molar-refractivity contribution >= 4 is 0 Å². The monoisotopic (exact) mass is 180 g/mol. The van der Waals surface area contributed by atoms with Crippen LogP contribution in [-0.2, 0) is 0 Å². The molecule has 72 valence electrons. The summed E-state index contributed by atoms with van der Waals surface area (Å²) in [5.74, 6) is 0.986. The van der Waals surface area contributed by atoms with Crippen molar-refractivity contribution < 1.29 is 9.84 Å². The second kappa shape index (κ2) is 4.28. The third kappa shape index (κ3) is 2.46. The normalized spacial score (nSPS) is 15.1. The molecular formula is C11H16O2. The molecule has 0 bridgehead atoms. The van der Waals surface area contributed by atoms with E-state index < -0.39 is 0 Å². The Morgan fingerprint density at radius 2 is 2.00 bits per heavy atom. The van der Waals surface area contributed by atoms with E-state index in [1.54, 1.807) is 14.0 Å². The van der Waals surface area contributed by atoms with E-state index in [2.05, 4.69) is 0 Å². The van der Waals surface area contributed by atoms with Gasteiger partial charge in [0.15, 0.2) is 0 Å². The third-order valence-electron chi connectivity index (χ3n) is 2.34. The fourth-order valence-corrected chi connectivity index (χ4v) is 1.20. The van der Waals surface area contributed by atoms with E-state index >= 15 is 0 Å². The lowest BCUT2D eigenvalue weighted by Crippen LogP contribution is -2.10. The minimum absolute atomic E-state index is 0.148. The maximum atomic E-state index is 9.40. The number of hydrogen-bond acceptors (Lipinski definition) is 2. The van der Waals surface area contributed by atoms with Crippen LogP contribution >= 0.6 is 0 Å². The molecule has 1 aromatic carbocycles. The smallest absolute Gasteiger partial charge is 0.119 e. The van der Waals surface area contributed by atoms with Crippen molar-refractivity contribution in [3.05, 3.63) is 29.8 Å². The fourth-order valence-electron chi connectivity index (χ4n) is 1.20. The Bertz CT molecular complexity index is 269. The third-order valence-corrected chi connectivity index (χ3v) is 2.34. The summed E-state index contributed by atoms with van der Waals surface area (Å²) < 4.78 is 5.10. The number of methoxy groups -OCH3 is 1. The van der Waals surface area contributed by atoms with E-state index in [0.29, 0.717) is 0 Å². The van der Waals surface area contributed by atoms with E-state index in [4.69, 9.17) is 4.74 Å². The molecule has 2 heteroatoms. The van der Waals surface area contributed by atoms with Gasteiger partial charge in [-0.15, -0.1) is 0 Å². The van der Waals surface area contributed by atoms with E-state index in [0.717, 1.165) is 11.3 Å². The molecule has 0 aliphatic rings. The lowest BCUT2D eigenvalue weighted by Gasteiger charge is -2.15. The lowest BCUT2D eigenvalue weighted by molar-refractivity contribution is 0.169. The molecule has 0 aliphatic heterocycles. The summed E-state index contributed by atoms with van der Waals surface area (Å²) in [5, 5.41) is 9.40. The van der Waals surface area contributed by atoms with Crippen LogP contribution in [0, 0.1) is 0 Å². The first kappa shape index (κ1) is 10.1. The first-order valence-electron chi connectivity index (χ1n) is 4.47. The zero-order valence-electron chi connectivity index (χ0n) is 8.32. The number of ether oxygens (including phenoxy) is 1. The molecule has 0 unspecified atom stereocenters. The van der Waals surface area contributed by atoms with Crippen molar-refractivity contribution in [3.8, 4) is 5.75 Å². The van der Waals surface area contributed by atoms with Gasteiger partial charge >= 0.3 is 0 Å². The van der Waals surface area contributed by atoms with E-state index in [1.165, 1.54) is 0 Å². The highest BCUT2D eigenvalue weighted by Gasteiger charge is 2.11. The van der Waals surface area contributed by atoms with Gasteiger partial charge in [0, 0.05) is 5.92 Å². The number of rotatable bonds is 3. The van der Waals surface area contributed by atoms with Crippen molar-refractivity contribution in [2.75, 3.05) is 7.11 Å². The Kier molecular flexibility index (Phi) is 3.32. The molecule has 0 amide bonds. The van der Waals surface area contributed by atoms with Gasteiger partial charge in [-0.3, -0.25) is 0 Å². The first-order chi connectivity index (χ1) is 6.15. The highest BCUT2D eigenvalue weighted by atomic mass is 16.5. The average Bonchev–Trinajstić information content (AvgIpc) is 2.16. The number of aliphatic hydroxyl groups excluding tert-OH is 1. The highest BCUT2D eigenvalue weighted by molar-refractivity contribution is 5.30. The van der Waals surface area contributed by atoms with E-state index in [9.17, 15) is 5.11 Å². The highest BCUT2D eigenvalue weighted by Crippen LogP contribution is 2.22. The van der Waals surface area contributed by atoms with Gasteiger partial charge in [0.1, 0.15) is 5.75 Å². The first-order valence-corrected chi connectivity index (χ1v) is 4.47. The zero-order valence-corrected chi connectivity index (χ0v) is 8.32. The molecule has 0 aromatic heterocycles. The van der Waals surface area contributed by atoms with Crippen LogP contribution in [0.4, 0.5) is 0 Å². The molecule has 0 fully saturated rings. The Hall–Kier alpha value is -1.02. The van der Waals surface area contributed by atoms with Crippen molar-refractivity contribution in [1.82, 2.24) is 0 Å². The number of hydrogen-bond donors (Lipinski definition) is 1. The Balaban J connectivity index is 2.88. The molecular weight excluding hydrogens is 164 g/mol. The summed E-state index contributed by atoms with van der Waals surface area (Å²) >= 11 is 0. The van der Waals surface area contributed by atoms with E-state index in [-0.39, 0.29) is 12.0 Å². The SMILES string of the molecule is COc1cccc([C@@H](C)[C@H](C)O)c1. The minimum Gasteiger partial charge on any atom is -0.497 e. The zero-order chi connectivity index (χ0) is 9.84. The molecule has 1 N–H and O–H groups in total. The summed E-state index contributed by atoms with van der Waals surface area (Å²) in [4.78, 5) is 0. The molecule has 1 aromatic rings. The minimum atomic E-state index is -0.327. The average molecular weight is 180 g/mol. The van der Waals surface area contributed by atoms with Crippen LogP contribution in [0.25, 0.3) is 0 Å². The maximum Gasteiger partial charge on any atom is 0.119 e. The van der Waals surface area contributed by atoms with Crippen LogP contribution in [-0.4, -0.2) is 18.3 Å². The summed E-state index contributed by atoms with van der Waals surface area (Å²) in [7, 11) is 1.64. The van der Waals surface area contributed by atoms with Crippen molar-refractivity contribution in [2.24, 2.45) is 0 Å². The van der Waals surface area contributed by atoms with Crippen molar-refractivity contribution in [2.45, 2.75) is 25.9 Å². The standard InChI is InChI=1S/C11H16O2/c1-8(9(2)12)10-5-4-6-11(7-10)13-3/h4-9,12H,1-3H3/t8-,9-/m0/s1. The summed E-state index contributed by atoms with van der Waals surface area (Å²) in [5.41, 5.74) is 1.11. The Morgan fingerprint density at radius 3 is 2.54 bits per heavy atom. The van der Waals surface area contributed by atoms with Gasteiger partial charge in [-0.05, 0) is 24.6 Å². The Labute approximate surface area is 79.2 Å². The molecule has 0 aliphatic carbocycles. The van der Waals surface area contributed by atoms with Gasteiger partial charge in [0.2, 0.25) is 0 Å². The van der Waals surface area contributed by atoms with Gasteiger partial charge in [-0.2, -0.15) is 0 Å². The topological polar surface area (TPSA) is 29.5 Å². The van der Waals surface area contributed by atoms with Gasteiger partial charge in [-0.1, -0.05) is 19.1 Å². The molecule has 0 saturated heterocycles. The van der Waals surface area contributed by atoms with Crippen LogP contribution in [0.1, 0.15) is 25.3 Å². The fraction of sp³-hybridized carbons (Fsp3) is 0.455. The second-order valence-corrected chi connectivity index (χ2v) is 3.31. The quantitative estimate of drug-likeness (QED) is 0.772. The summed E-state index contributed by atoms with van der Waals surface area (Å²) in [6.45, 7) is 3.80. The second-order valence-electron chi connectivity index (χ2n) is 3.31. The molecule has 13 heavy (non-hydrogen) atoms. The molecule has 0 heterocycles.